The van der Waals surface area contributed by atoms with Gasteiger partial charge >= 0.3 is 6.18 Å². The highest BCUT2D eigenvalue weighted by Gasteiger charge is 2.62. The first-order valence-electron chi connectivity index (χ1n) is 11.4. The number of thioether (sulfide) groups is 1. The number of unbranched alkanes of at least 4 members (excludes halogenated alkanes) is 1. The summed E-state index contributed by atoms with van der Waals surface area (Å²) < 4.78 is 58.1. The number of nitrogens with two attached hydrogens (primary N) is 1. The zero-order valence-electron chi connectivity index (χ0n) is 19.2. The first-order valence-corrected chi connectivity index (χ1v) is 12.8. The minimum atomic E-state index is -4.47. The summed E-state index contributed by atoms with van der Waals surface area (Å²) in [5, 5.41) is 0.657. The predicted octanol–water partition coefficient (Wildman–Crippen LogP) is 5.32. The van der Waals surface area contributed by atoms with Crippen molar-refractivity contribution in [3.05, 3.63) is 47.5 Å². The first kappa shape index (κ1) is 26.0. The Morgan fingerprint density at radius 3 is 2.60 bits per heavy atom. The maximum absolute atomic E-state index is 13.8. The molecule has 2 aliphatic rings. The number of ether oxygens (including phenoxy) is 1. The van der Waals surface area contributed by atoms with Crippen LogP contribution in [0.2, 0.25) is 0 Å². The van der Waals surface area contributed by atoms with E-state index in [2.05, 4.69) is 14.2 Å². The molecule has 35 heavy (non-hydrogen) atoms. The fourth-order valence-electron chi connectivity index (χ4n) is 4.93. The fourth-order valence-corrected chi connectivity index (χ4v) is 6.82. The molecule has 1 fully saturated rings. The van der Waals surface area contributed by atoms with Crippen molar-refractivity contribution in [2.75, 3.05) is 13.2 Å². The van der Waals surface area contributed by atoms with E-state index in [-0.39, 0.29) is 18.3 Å². The summed E-state index contributed by atoms with van der Waals surface area (Å²) in [4.78, 5) is 19.6. The number of fused-ring (bicyclic) bond motifs is 3. The van der Waals surface area contributed by atoms with Gasteiger partial charge in [-0.05, 0) is 55.7 Å². The third-order valence-corrected chi connectivity index (χ3v) is 8.76. The van der Waals surface area contributed by atoms with Crippen LogP contribution >= 0.6 is 21.0 Å². The second-order valence-electron chi connectivity index (χ2n) is 8.85. The average Bonchev–Trinajstić information content (AvgIpc) is 2.82. The first-order chi connectivity index (χ1) is 16.6. The van der Waals surface area contributed by atoms with Crippen LogP contribution in [-0.2, 0) is 15.7 Å². The molecule has 2 unspecified atom stereocenters. The van der Waals surface area contributed by atoms with E-state index in [1.165, 1.54) is 30.0 Å². The van der Waals surface area contributed by atoms with Gasteiger partial charge in [-0.2, -0.15) is 13.2 Å². The molecule has 0 radical (unpaired) electrons. The van der Waals surface area contributed by atoms with Gasteiger partial charge in [-0.15, -0.1) is 21.0 Å². The van der Waals surface area contributed by atoms with E-state index in [9.17, 15) is 22.5 Å². The molecule has 0 spiro atoms. The number of hydrogen-bond acceptors (Lipinski definition) is 5. The van der Waals surface area contributed by atoms with Gasteiger partial charge in [0.1, 0.15) is 18.0 Å². The zero-order chi connectivity index (χ0) is 25.4. The van der Waals surface area contributed by atoms with Gasteiger partial charge < -0.3 is 15.4 Å². The number of carbonyl (C=O) groups is 1. The van der Waals surface area contributed by atoms with Crippen LogP contribution in [0.3, 0.4) is 0 Å². The van der Waals surface area contributed by atoms with E-state index in [0.29, 0.717) is 53.7 Å². The van der Waals surface area contributed by atoms with Crippen LogP contribution in [0.1, 0.15) is 50.2 Å². The van der Waals surface area contributed by atoms with Crippen LogP contribution in [0.5, 0.6) is 11.5 Å². The monoisotopic (exact) mass is 530 g/mol. The number of hydrogen-bond donors (Lipinski definition) is 1. The molecule has 0 saturated carbocycles. The van der Waals surface area contributed by atoms with Crippen LogP contribution < -0.4 is 20.7 Å². The van der Waals surface area contributed by atoms with Crippen molar-refractivity contribution in [2.45, 2.75) is 60.5 Å². The van der Waals surface area contributed by atoms with Crippen molar-refractivity contribution >= 4 is 32.2 Å². The summed E-state index contributed by atoms with van der Waals surface area (Å²) in [5.74, 6) is 0.153. The smallest absolute Gasteiger partial charge is 0.416 e. The number of carbonyl (C=O) groups excluding carboxylic acids is 1. The highest BCUT2D eigenvalue weighted by molar-refractivity contribution is 8.00. The predicted molar refractivity (Wildman–Crippen MR) is 129 cm³/mol. The fraction of sp³-hybridized carbons (Fsp3) is 0.458. The third kappa shape index (κ3) is 4.49. The number of benzene rings is 2. The second-order valence-corrected chi connectivity index (χ2v) is 10.8. The molecular formula is C24H27F4N2O3PS. The van der Waals surface area contributed by atoms with Crippen molar-refractivity contribution in [2.24, 2.45) is 5.73 Å². The SMILES string of the molecule is CCCCC(=O)N1CCC[C@]2(Sc3ccc(C(F)(F)F)cc3)c3c(OF)ccc(P)c3OCC12N. The number of amides is 1. The lowest BCUT2D eigenvalue weighted by Gasteiger charge is -2.58. The van der Waals surface area contributed by atoms with Gasteiger partial charge in [-0.1, -0.05) is 13.3 Å². The van der Waals surface area contributed by atoms with E-state index in [4.69, 9.17) is 10.5 Å². The van der Waals surface area contributed by atoms with Gasteiger partial charge in [-0.3, -0.25) is 9.74 Å². The van der Waals surface area contributed by atoms with Crippen LogP contribution in [0.4, 0.5) is 17.7 Å². The van der Waals surface area contributed by atoms with Crippen molar-refractivity contribution < 1.29 is 32.2 Å². The summed E-state index contributed by atoms with van der Waals surface area (Å²) in [5.41, 5.74) is 5.25. The quantitative estimate of drug-likeness (QED) is 0.405. The second kappa shape index (κ2) is 9.79. The van der Waals surface area contributed by atoms with E-state index >= 15 is 0 Å². The van der Waals surface area contributed by atoms with E-state index in [1.807, 2.05) is 6.92 Å². The molecule has 2 aromatic rings. The largest absolute Gasteiger partial charge is 0.488 e. The molecule has 0 bridgehead atoms. The van der Waals surface area contributed by atoms with Crippen molar-refractivity contribution in [1.29, 1.82) is 0 Å². The number of nitrogens with zero attached hydrogens (tertiary/aromatic N) is 1. The van der Waals surface area contributed by atoms with Crippen LogP contribution in [0, 0.1) is 0 Å². The molecule has 11 heteroatoms. The summed E-state index contributed by atoms with van der Waals surface area (Å²) >= 11 is 1.22. The topological polar surface area (TPSA) is 64.8 Å². The lowest BCUT2D eigenvalue weighted by molar-refractivity contribution is -0.146. The molecule has 3 atom stereocenters. The molecule has 2 aromatic carbocycles. The standard InChI is InChI=1S/C24H27F4N2O3PS/c1-2-3-5-19(31)30-13-4-12-22(35-16-8-6-15(7-9-16)24(25,26)27)20-17(33-28)10-11-18(34)21(20)32-14-23(22,30)29/h6-11H,2-5,12-14,29,34H2,1H3/t22-,23?/m0/s1. The Bertz CT molecular complexity index is 1100. The molecule has 190 valence electrons. The van der Waals surface area contributed by atoms with Crippen LogP contribution in [-0.4, -0.2) is 29.6 Å². The van der Waals surface area contributed by atoms with Gasteiger partial charge in [0.15, 0.2) is 5.75 Å². The van der Waals surface area contributed by atoms with Gasteiger partial charge in [0.2, 0.25) is 5.91 Å². The Balaban J connectivity index is 1.88. The Morgan fingerprint density at radius 2 is 1.97 bits per heavy atom. The molecule has 1 saturated heterocycles. The summed E-state index contributed by atoms with van der Waals surface area (Å²) in [6.07, 6.45) is -1.64. The minimum absolute atomic E-state index is 0.0529. The summed E-state index contributed by atoms with van der Waals surface area (Å²) in [6, 6.07) is 7.84. The molecule has 2 N–H and O–H groups in total. The van der Waals surface area contributed by atoms with Crippen molar-refractivity contribution in [1.82, 2.24) is 4.90 Å². The lowest BCUT2D eigenvalue weighted by atomic mass is 9.75. The number of alkyl halides is 3. The third-order valence-electron chi connectivity index (χ3n) is 6.68. The van der Waals surface area contributed by atoms with Gasteiger partial charge in [0, 0.05) is 27.7 Å². The lowest BCUT2D eigenvalue weighted by Crippen LogP contribution is -2.75. The maximum Gasteiger partial charge on any atom is 0.416 e. The van der Waals surface area contributed by atoms with Crippen molar-refractivity contribution in [3.63, 3.8) is 0 Å². The highest BCUT2D eigenvalue weighted by atomic mass is 32.2. The molecule has 2 aliphatic heterocycles. The van der Waals surface area contributed by atoms with E-state index in [0.717, 1.165) is 18.6 Å². The number of piperidine rings is 1. The maximum atomic E-state index is 13.8. The summed E-state index contributed by atoms with van der Waals surface area (Å²) in [6.45, 7) is 2.33. The van der Waals surface area contributed by atoms with E-state index in [1.54, 1.807) is 11.0 Å². The Hall–Kier alpha value is -2.03. The van der Waals surface area contributed by atoms with Crippen LogP contribution in [0.25, 0.3) is 0 Å². The van der Waals surface area contributed by atoms with Crippen molar-refractivity contribution in [3.8, 4) is 11.5 Å². The molecule has 0 aliphatic carbocycles. The van der Waals surface area contributed by atoms with Gasteiger partial charge in [-0.25, -0.2) is 0 Å². The Morgan fingerprint density at radius 1 is 1.26 bits per heavy atom. The van der Waals surface area contributed by atoms with Gasteiger partial charge in [0.25, 0.3) is 0 Å². The number of rotatable bonds is 6. The van der Waals surface area contributed by atoms with E-state index < -0.39 is 22.1 Å². The molecule has 2 heterocycles. The summed E-state index contributed by atoms with van der Waals surface area (Å²) in [7, 11) is 2.54. The minimum Gasteiger partial charge on any atom is -0.488 e. The zero-order valence-corrected chi connectivity index (χ0v) is 21.1. The van der Waals surface area contributed by atoms with Crippen LogP contribution in [0.15, 0.2) is 41.3 Å². The number of halogens is 4. The Labute approximate surface area is 207 Å². The normalized spacial score (nSPS) is 23.8. The molecular weight excluding hydrogens is 503 g/mol. The highest BCUT2D eigenvalue weighted by Crippen LogP contribution is 2.61. The molecule has 5 nitrogen and oxygen atoms in total. The molecule has 1 amide bonds. The Kier molecular flexibility index (Phi) is 7.28. The molecule has 0 aromatic heterocycles. The molecule has 4 rings (SSSR count). The number of likely N-dealkylation sites (tertiary alicyclic amines) is 1. The van der Waals surface area contributed by atoms with Gasteiger partial charge in [0.05, 0.1) is 15.9 Å². The average molecular weight is 531 g/mol.